The summed E-state index contributed by atoms with van der Waals surface area (Å²) in [5.74, 6) is 0.873. The highest BCUT2D eigenvalue weighted by molar-refractivity contribution is 5.88. The van der Waals surface area contributed by atoms with E-state index in [1.807, 2.05) is 25.1 Å². The molecule has 0 atom stereocenters. The first-order valence-electron chi connectivity index (χ1n) is 5.23. The number of aryl methyl sites for hydroxylation is 1. The molecule has 0 amide bonds. The number of rotatable bonds is 2. The van der Waals surface area contributed by atoms with Gasteiger partial charge in [0.1, 0.15) is 5.82 Å². The average Bonchev–Trinajstić information content (AvgIpc) is 2.91. The fourth-order valence-corrected chi connectivity index (χ4v) is 1.91. The van der Waals surface area contributed by atoms with Crippen molar-refractivity contribution in [3.05, 3.63) is 35.8 Å². The Bertz CT molecular complexity index is 695. The highest BCUT2D eigenvalue weighted by Crippen LogP contribution is 2.23. The van der Waals surface area contributed by atoms with Gasteiger partial charge in [-0.15, -0.1) is 0 Å². The maximum absolute atomic E-state index is 10.8. The molecule has 3 rings (SSSR count). The van der Waals surface area contributed by atoms with Crippen molar-refractivity contribution in [2.75, 3.05) is 0 Å². The van der Waals surface area contributed by atoms with Crippen molar-refractivity contribution < 1.29 is 4.79 Å². The molecule has 0 saturated heterocycles. The minimum atomic E-state index is 0.556. The van der Waals surface area contributed by atoms with E-state index in [9.17, 15) is 4.79 Å². The van der Waals surface area contributed by atoms with Crippen LogP contribution in [0.5, 0.6) is 0 Å². The minimum Gasteiger partial charge on any atom is -0.342 e. The van der Waals surface area contributed by atoms with Gasteiger partial charge in [0.2, 0.25) is 0 Å². The number of fused-ring (bicyclic) bond motifs is 1. The largest absolute Gasteiger partial charge is 0.342 e. The van der Waals surface area contributed by atoms with Crippen molar-refractivity contribution in [1.82, 2.24) is 20.2 Å². The molecule has 2 N–H and O–H groups in total. The number of aldehydes is 1. The van der Waals surface area contributed by atoms with Gasteiger partial charge >= 0.3 is 0 Å². The molecule has 0 radical (unpaired) electrons. The number of aromatic nitrogens is 4. The Labute approximate surface area is 96.9 Å². The van der Waals surface area contributed by atoms with Crippen LogP contribution in [0.4, 0.5) is 0 Å². The van der Waals surface area contributed by atoms with Crippen LogP contribution in [0.25, 0.3) is 22.3 Å². The Morgan fingerprint density at radius 2 is 2.24 bits per heavy atom. The van der Waals surface area contributed by atoms with Crippen LogP contribution in [0.1, 0.15) is 16.2 Å². The Kier molecular flexibility index (Phi) is 2.04. The molecule has 0 fully saturated rings. The van der Waals surface area contributed by atoms with Gasteiger partial charge in [0.15, 0.2) is 6.29 Å². The summed E-state index contributed by atoms with van der Waals surface area (Å²) in [6.07, 6.45) is 2.31. The molecule has 84 valence electrons. The molecule has 2 heterocycles. The van der Waals surface area contributed by atoms with Crippen molar-refractivity contribution in [2.24, 2.45) is 0 Å². The predicted octanol–water partition coefficient (Wildman–Crippen LogP) is 2.07. The van der Waals surface area contributed by atoms with Gasteiger partial charge in [-0.25, -0.2) is 4.98 Å². The number of imidazole rings is 1. The number of carbonyl (C=O) groups excluding carboxylic acids is 1. The zero-order valence-electron chi connectivity index (χ0n) is 9.19. The summed E-state index contributed by atoms with van der Waals surface area (Å²) in [6, 6.07) is 5.79. The summed E-state index contributed by atoms with van der Waals surface area (Å²) in [5, 5.41) is 6.70. The van der Waals surface area contributed by atoms with Crippen LogP contribution < -0.4 is 0 Å². The van der Waals surface area contributed by atoms with Crippen LogP contribution in [-0.2, 0) is 0 Å². The standard InChI is InChI=1S/C12H10N4O/c1-7-14-10-3-2-8(4-11(10)15-7)12-9(6-17)5-13-16-12/h2-6H,1H3,(H,13,16)(H,14,15). The molecule has 1 aromatic carbocycles. The predicted molar refractivity (Wildman–Crippen MR) is 63.8 cm³/mol. The first-order chi connectivity index (χ1) is 8.28. The monoisotopic (exact) mass is 226 g/mol. The van der Waals surface area contributed by atoms with Gasteiger partial charge in [-0.1, -0.05) is 6.07 Å². The molecule has 0 saturated carbocycles. The first-order valence-corrected chi connectivity index (χ1v) is 5.23. The molecule has 0 unspecified atom stereocenters. The number of carbonyl (C=O) groups is 1. The van der Waals surface area contributed by atoms with E-state index in [1.54, 1.807) is 0 Å². The van der Waals surface area contributed by atoms with E-state index < -0.39 is 0 Å². The van der Waals surface area contributed by atoms with Crippen LogP contribution in [0, 0.1) is 6.92 Å². The van der Waals surface area contributed by atoms with Gasteiger partial charge in [0, 0.05) is 5.56 Å². The van der Waals surface area contributed by atoms with Gasteiger partial charge in [0.05, 0.1) is 28.5 Å². The number of benzene rings is 1. The molecular weight excluding hydrogens is 216 g/mol. The Hall–Kier alpha value is -2.43. The second-order valence-corrected chi connectivity index (χ2v) is 3.87. The highest BCUT2D eigenvalue weighted by atomic mass is 16.1. The number of aromatic amines is 2. The SMILES string of the molecule is Cc1nc2ccc(-c3[nH]ncc3C=O)cc2[nH]1. The zero-order chi connectivity index (χ0) is 11.8. The fourth-order valence-electron chi connectivity index (χ4n) is 1.91. The quantitative estimate of drug-likeness (QED) is 0.657. The normalized spacial score (nSPS) is 10.9. The Morgan fingerprint density at radius 1 is 1.35 bits per heavy atom. The molecule has 0 aliphatic carbocycles. The lowest BCUT2D eigenvalue weighted by Gasteiger charge is -1.98. The third-order valence-electron chi connectivity index (χ3n) is 2.68. The molecule has 0 spiro atoms. The molecule has 3 aromatic rings. The number of H-pyrrole nitrogens is 2. The van der Waals surface area contributed by atoms with E-state index in [0.29, 0.717) is 5.56 Å². The van der Waals surface area contributed by atoms with Crippen molar-refractivity contribution in [3.63, 3.8) is 0 Å². The van der Waals surface area contributed by atoms with E-state index >= 15 is 0 Å². The van der Waals surface area contributed by atoms with Crippen LogP contribution in [0.2, 0.25) is 0 Å². The third kappa shape index (κ3) is 1.52. The molecule has 0 bridgehead atoms. The minimum absolute atomic E-state index is 0.556. The van der Waals surface area contributed by atoms with Gasteiger partial charge < -0.3 is 4.98 Å². The van der Waals surface area contributed by atoms with Crippen molar-refractivity contribution in [2.45, 2.75) is 6.92 Å². The maximum Gasteiger partial charge on any atom is 0.153 e. The van der Waals surface area contributed by atoms with Gasteiger partial charge in [-0.3, -0.25) is 9.89 Å². The smallest absolute Gasteiger partial charge is 0.153 e. The number of nitrogens with one attached hydrogen (secondary N) is 2. The lowest BCUT2D eigenvalue weighted by atomic mass is 10.1. The second-order valence-electron chi connectivity index (χ2n) is 3.87. The van der Waals surface area contributed by atoms with Crippen molar-refractivity contribution >= 4 is 17.3 Å². The summed E-state index contributed by atoms with van der Waals surface area (Å²) in [6.45, 7) is 1.91. The number of hydrogen-bond donors (Lipinski definition) is 2. The molecular formula is C12H10N4O. The van der Waals surface area contributed by atoms with Crippen LogP contribution in [-0.4, -0.2) is 26.5 Å². The summed E-state index contributed by atoms with van der Waals surface area (Å²) in [7, 11) is 0. The first kappa shape index (κ1) is 9.77. The van der Waals surface area contributed by atoms with Crippen molar-refractivity contribution in [3.8, 4) is 11.3 Å². The van der Waals surface area contributed by atoms with Crippen LogP contribution >= 0.6 is 0 Å². The Balaban J connectivity index is 2.20. The second kappa shape index (κ2) is 3.55. The average molecular weight is 226 g/mol. The zero-order valence-corrected chi connectivity index (χ0v) is 9.19. The fraction of sp³-hybridized carbons (Fsp3) is 0.0833. The number of nitrogens with zero attached hydrogens (tertiary/aromatic N) is 2. The molecule has 0 aliphatic rings. The molecule has 5 nitrogen and oxygen atoms in total. The summed E-state index contributed by atoms with van der Waals surface area (Å²) >= 11 is 0. The third-order valence-corrected chi connectivity index (χ3v) is 2.68. The van der Waals surface area contributed by atoms with Gasteiger partial charge in [0.25, 0.3) is 0 Å². The summed E-state index contributed by atoms with van der Waals surface area (Å²) < 4.78 is 0. The van der Waals surface area contributed by atoms with Crippen LogP contribution in [0.3, 0.4) is 0 Å². The summed E-state index contributed by atoms with van der Waals surface area (Å²) in [5.41, 5.74) is 4.07. The Morgan fingerprint density at radius 3 is 3.06 bits per heavy atom. The molecule has 0 aliphatic heterocycles. The lowest BCUT2D eigenvalue weighted by molar-refractivity contribution is 0.112. The maximum atomic E-state index is 10.8. The van der Waals surface area contributed by atoms with Crippen LogP contribution in [0.15, 0.2) is 24.4 Å². The van der Waals surface area contributed by atoms with E-state index in [-0.39, 0.29) is 0 Å². The molecule has 2 aromatic heterocycles. The van der Waals surface area contributed by atoms with Gasteiger partial charge in [-0.2, -0.15) is 5.10 Å². The van der Waals surface area contributed by atoms with E-state index in [4.69, 9.17) is 0 Å². The van der Waals surface area contributed by atoms with Crippen molar-refractivity contribution in [1.29, 1.82) is 0 Å². The molecule has 17 heavy (non-hydrogen) atoms. The van der Waals surface area contributed by atoms with E-state index in [0.717, 1.165) is 34.4 Å². The summed E-state index contributed by atoms with van der Waals surface area (Å²) in [4.78, 5) is 18.3. The van der Waals surface area contributed by atoms with Gasteiger partial charge in [-0.05, 0) is 19.1 Å². The molecule has 5 heteroatoms. The van der Waals surface area contributed by atoms with E-state index in [1.165, 1.54) is 6.20 Å². The van der Waals surface area contributed by atoms with E-state index in [2.05, 4.69) is 20.2 Å². The lowest BCUT2D eigenvalue weighted by Crippen LogP contribution is -1.84. The number of hydrogen-bond acceptors (Lipinski definition) is 3. The highest BCUT2D eigenvalue weighted by Gasteiger charge is 2.08. The topological polar surface area (TPSA) is 74.4 Å².